The second-order valence-corrected chi connectivity index (χ2v) is 5.73. The van der Waals surface area contributed by atoms with E-state index in [-0.39, 0.29) is 12.6 Å². The summed E-state index contributed by atoms with van der Waals surface area (Å²) in [7, 11) is 0. The van der Waals surface area contributed by atoms with Crippen LogP contribution in [0.4, 0.5) is 0 Å². The Bertz CT molecular complexity index is 463. The molecule has 1 N–H and O–H groups in total. The van der Waals surface area contributed by atoms with Crippen LogP contribution in [0, 0.1) is 0 Å². The molecule has 0 saturated carbocycles. The number of benzene rings is 1. The van der Waals surface area contributed by atoms with Gasteiger partial charge in [-0.15, -0.1) is 0 Å². The minimum absolute atomic E-state index is 0.0521. The van der Waals surface area contributed by atoms with E-state index in [0.717, 1.165) is 19.5 Å². The van der Waals surface area contributed by atoms with Gasteiger partial charge in [0, 0.05) is 6.54 Å². The molecule has 1 aromatic rings. The second-order valence-electron chi connectivity index (χ2n) is 5.73. The average molecular weight is 263 g/mol. The topological polar surface area (TPSA) is 47.6 Å². The van der Waals surface area contributed by atoms with Gasteiger partial charge in [0.05, 0.1) is 0 Å². The first-order valence-electron chi connectivity index (χ1n) is 6.61. The van der Waals surface area contributed by atoms with Crippen molar-refractivity contribution in [3.8, 4) is 5.75 Å². The number of carbonyl (C=O) groups is 1. The van der Waals surface area contributed by atoms with Crippen molar-refractivity contribution in [3.63, 3.8) is 0 Å². The molecule has 0 fully saturated rings. The molecule has 0 saturated heterocycles. The van der Waals surface area contributed by atoms with Crippen LogP contribution >= 0.6 is 0 Å². The summed E-state index contributed by atoms with van der Waals surface area (Å²) in [4.78, 5) is 11.6. The SMILES string of the molecule is CC(C)(C)OC(=O)COc1ccc2c(c1)CNCC2. The van der Waals surface area contributed by atoms with E-state index in [1.54, 1.807) is 0 Å². The molecule has 0 spiro atoms. The van der Waals surface area contributed by atoms with Crippen molar-refractivity contribution in [3.05, 3.63) is 29.3 Å². The quantitative estimate of drug-likeness (QED) is 0.848. The lowest BCUT2D eigenvalue weighted by Gasteiger charge is -2.20. The van der Waals surface area contributed by atoms with E-state index in [4.69, 9.17) is 9.47 Å². The van der Waals surface area contributed by atoms with E-state index in [1.165, 1.54) is 11.1 Å². The highest BCUT2D eigenvalue weighted by atomic mass is 16.6. The van der Waals surface area contributed by atoms with Crippen LogP contribution in [0.25, 0.3) is 0 Å². The number of fused-ring (bicyclic) bond motifs is 1. The molecule has 0 aliphatic carbocycles. The van der Waals surface area contributed by atoms with Gasteiger partial charge in [-0.3, -0.25) is 0 Å². The van der Waals surface area contributed by atoms with Crippen molar-refractivity contribution in [2.75, 3.05) is 13.2 Å². The highest BCUT2D eigenvalue weighted by molar-refractivity contribution is 5.71. The van der Waals surface area contributed by atoms with Crippen LogP contribution in [-0.2, 0) is 22.5 Å². The Labute approximate surface area is 114 Å². The summed E-state index contributed by atoms with van der Waals surface area (Å²) in [5, 5.41) is 3.32. The number of nitrogens with one attached hydrogen (secondary N) is 1. The molecule has 1 aliphatic rings. The van der Waals surface area contributed by atoms with Gasteiger partial charge < -0.3 is 14.8 Å². The molecule has 0 aromatic heterocycles. The maximum atomic E-state index is 11.6. The van der Waals surface area contributed by atoms with Crippen LogP contribution in [0.5, 0.6) is 5.75 Å². The van der Waals surface area contributed by atoms with Gasteiger partial charge in [0.1, 0.15) is 11.4 Å². The number of rotatable bonds is 3. The molecule has 0 radical (unpaired) electrons. The summed E-state index contributed by atoms with van der Waals surface area (Å²) in [6.45, 7) is 7.36. The average Bonchev–Trinajstić information content (AvgIpc) is 2.34. The Kier molecular flexibility index (Phi) is 4.10. The van der Waals surface area contributed by atoms with E-state index in [9.17, 15) is 4.79 Å². The Morgan fingerprint density at radius 1 is 1.32 bits per heavy atom. The number of hydrogen-bond acceptors (Lipinski definition) is 4. The molecule has 1 aliphatic heterocycles. The molecule has 2 rings (SSSR count). The molecule has 1 aromatic carbocycles. The predicted octanol–water partition coefficient (Wildman–Crippen LogP) is 2.05. The Morgan fingerprint density at radius 3 is 2.84 bits per heavy atom. The summed E-state index contributed by atoms with van der Waals surface area (Å²) in [6, 6.07) is 5.97. The van der Waals surface area contributed by atoms with Gasteiger partial charge in [-0.05, 0) is 57.0 Å². The Balaban J connectivity index is 1.91. The zero-order chi connectivity index (χ0) is 13.9. The van der Waals surface area contributed by atoms with Gasteiger partial charge in [-0.1, -0.05) is 6.07 Å². The van der Waals surface area contributed by atoms with Crippen LogP contribution in [0.3, 0.4) is 0 Å². The van der Waals surface area contributed by atoms with Crippen LogP contribution in [0.2, 0.25) is 0 Å². The summed E-state index contributed by atoms with van der Waals surface area (Å²) < 4.78 is 10.7. The molecular formula is C15H21NO3. The lowest BCUT2D eigenvalue weighted by Crippen LogP contribution is -2.27. The fourth-order valence-electron chi connectivity index (χ4n) is 2.06. The summed E-state index contributed by atoms with van der Waals surface area (Å²) in [5.74, 6) is 0.372. The number of carbonyl (C=O) groups excluding carboxylic acids is 1. The van der Waals surface area contributed by atoms with Crippen LogP contribution in [0.1, 0.15) is 31.9 Å². The first kappa shape index (κ1) is 13.9. The summed E-state index contributed by atoms with van der Waals surface area (Å²) in [5.41, 5.74) is 2.12. The Morgan fingerprint density at radius 2 is 2.11 bits per heavy atom. The molecule has 104 valence electrons. The van der Waals surface area contributed by atoms with Gasteiger partial charge in [-0.2, -0.15) is 0 Å². The highest BCUT2D eigenvalue weighted by Crippen LogP contribution is 2.20. The molecule has 4 nitrogen and oxygen atoms in total. The van der Waals surface area contributed by atoms with Crippen LogP contribution < -0.4 is 10.1 Å². The summed E-state index contributed by atoms with van der Waals surface area (Å²) >= 11 is 0. The number of hydrogen-bond donors (Lipinski definition) is 1. The lowest BCUT2D eigenvalue weighted by molar-refractivity contribution is -0.157. The fraction of sp³-hybridized carbons (Fsp3) is 0.533. The van der Waals surface area contributed by atoms with E-state index in [1.807, 2.05) is 32.9 Å². The van der Waals surface area contributed by atoms with Crippen molar-refractivity contribution in [2.24, 2.45) is 0 Å². The summed E-state index contributed by atoms with van der Waals surface area (Å²) in [6.07, 6.45) is 1.04. The third-order valence-electron chi connectivity index (χ3n) is 2.84. The number of ether oxygens (including phenoxy) is 2. The normalized spacial score (nSPS) is 14.7. The van der Waals surface area contributed by atoms with Crippen molar-refractivity contribution in [1.29, 1.82) is 0 Å². The molecule has 0 unspecified atom stereocenters. The van der Waals surface area contributed by atoms with Crippen molar-refractivity contribution < 1.29 is 14.3 Å². The second kappa shape index (κ2) is 5.61. The number of esters is 1. The Hall–Kier alpha value is -1.55. The molecule has 4 heteroatoms. The van der Waals surface area contributed by atoms with E-state index < -0.39 is 5.60 Å². The molecule has 19 heavy (non-hydrogen) atoms. The largest absolute Gasteiger partial charge is 0.482 e. The van der Waals surface area contributed by atoms with Crippen LogP contribution in [0.15, 0.2) is 18.2 Å². The lowest BCUT2D eigenvalue weighted by atomic mass is 10.0. The minimum atomic E-state index is -0.472. The first-order valence-corrected chi connectivity index (χ1v) is 6.61. The van der Waals surface area contributed by atoms with Crippen molar-refractivity contribution in [1.82, 2.24) is 5.32 Å². The van der Waals surface area contributed by atoms with Gasteiger partial charge in [0.2, 0.25) is 0 Å². The molecule has 0 atom stereocenters. The van der Waals surface area contributed by atoms with Gasteiger partial charge >= 0.3 is 5.97 Å². The van der Waals surface area contributed by atoms with E-state index in [2.05, 4.69) is 11.4 Å². The molecule has 1 heterocycles. The maximum absolute atomic E-state index is 11.6. The van der Waals surface area contributed by atoms with Gasteiger partial charge in [0.25, 0.3) is 0 Å². The standard InChI is InChI=1S/C15H21NO3/c1-15(2,3)19-14(17)10-18-13-5-4-11-6-7-16-9-12(11)8-13/h4-5,8,16H,6-7,9-10H2,1-3H3. The zero-order valence-electron chi connectivity index (χ0n) is 11.8. The maximum Gasteiger partial charge on any atom is 0.344 e. The smallest absolute Gasteiger partial charge is 0.344 e. The third kappa shape index (κ3) is 4.24. The molecule has 0 amide bonds. The first-order chi connectivity index (χ1) is 8.94. The molecule has 0 bridgehead atoms. The van der Waals surface area contributed by atoms with E-state index >= 15 is 0 Å². The monoisotopic (exact) mass is 263 g/mol. The zero-order valence-corrected chi connectivity index (χ0v) is 11.8. The predicted molar refractivity (Wildman–Crippen MR) is 73.2 cm³/mol. The van der Waals surface area contributed by atoms with E-state index in [0.29, 0.717) is 5.75 Å². The van der Waals surface area contributed by atoms with Gasteiger partial charge in [0.15, 0.2) is 6.61 Å². The molecular weight excluding hydrogens is 242 g/mol. The van der Waals surface area contributed by atoms with Crippen LogP contribution in [-0.4, -0.2) is 24.7 Å². The fourth-order valence-corrected chi connectivity index (χ4v) is 2.06. The van der Waals surface area contributed by atoms with Gasteiger partial charge in [-0.25, -0.2) is 4.79 Å². The third-order valence-corrected chi connectivity index (χ3v) is 2.84. The van der Waals surface area contributed by atoms with Crippen molar-refractivity contribution >= 4 is 5.97 Å². The highest BCUT2D eigenvalue weighted by Gasteiger charge is 2.17. The minimum Gasteiger partial charge on any atom is -0.482 e. The van der Waals surface area contributed by atoms with Crippen molar-refractivity contribution in [2.45, 2.75) is 39.3 Å².